The minimum absolute atomic E-state index is 0.0699. The third-order valence-corrected chi connectivity index (χ3v) is 5.16. The smallest absolute Gasteiger partial charge is 0.245 e. The molecule has 0 saturated heterocycles. The summed E-state index contributed by atoms with van der Waals surface area (Å²) in [5.41, 5.74) is -0.116. The molecule has 0 saturated carbocycles. The summed E-state index contributed by atoms with van der Waals surface area (Å²) in [6, 6.07) is 11.7. The van der Waals surface area contributed by atoms with Gasteiger partial charge in [-0.2, -0.15) is 15.1 Å². The summed E-state index contributed by atoms with van der Waals surface area (Å²) in [6.07, 6.45) is 3.74. The molecule has 2 rings (SSSR count). The van der Waals surface area contributed by atoms with Crippen LogP contribution in [0.25, 0.3) is 0 Å². The van der Waals surface area contributed by atoms with E-state index in [1.54, 1.807) is 6.92 Å². The molecule has 0 aliphatic carbocycles. The first kappa shape index (κ1) is 17.2. The fourth-order valence-electron chi connectivity index (χ4n) is 2.18. The monoisotopic (exact) mass is 332 g/mol. The molecule has 1 heterocycles. The highest BCUT2D eigenvalue weighted by Gasteiger charge is 2.31. The zero-order valence-corrected chi connectivity index (χ0v) is 14.0. The minimum Gasteiger partial charge on any atom is -0.272 e. The van der Waals surface area contributed by atoms with Crippen LogP contribution in [-0.4, -0.2) is 23.7 Å². The molecule has 2 aromatic rings. The third kappa shape index (κ3) is 4.41. The number of hydrogen-bond acceptors (Lipinski definition) is 4. The Kier molecular flexibility index (Phi) is 5.19. The van der Waals surface area contributed by atoms with Crippen molar-refractivity contribution in [3.8, 4) is 6.07 Å². The lowest BCUT2D eigenvalue weighted by Gasteiger charge is -2.22. The number of hydrogen-bond donors (Lipinski definition) is 1. The maximum absolute atomic E-state index is 12.4. The highest BCUT2D eigenvalue weighted by atomic mass is 32.2. The van der Waals surface area contributed by atoms with Gasteiger partial charge in [-0.05, 0) is 32.3 Å². The standard InChI is InChI=1S/C16H20N4O2S/c1-3-20-12-15(11-18-20)23(21,22)19-16(2,13-17)10-9-14-7-5-4-6-8-14/h4-8,11-12,19H,3,9-10H2,1-2H3. The average molecular weight is 332 g/mol. The molecule has 1 N–H and O–H groups in total. The van der Waals surface area contributed by atoms with Crippen molar-refractivity contribution in [2.75, 3.05) is 0 Å². The Bertz CT molecular complexity index is 793. The van der Waals surface area contributed by atoms with Crippen LogP contribution in [0.4, 0.5) is 0 Å². The van der Waals surface area contributed by atoms with Gasteiger partial charge < -0.3 is 0 Å². The van der Waals surface area contributed by atoms with Crippen LogP contribution in [-0.2, 0) is 23.0 Å². The van der Waals surface area contributed by atoms with Crippen LogP contribution < -0.4 is 4.72 Å². The Morgan fingerprint density at radius 3 is 2.61 bits per heavy atom. The molecule has 122 valence electrons. The zero-order chi connectivity index (χ0) is 16.9. The molecule has 0 amide bonds. The quantitative estimate of drug-likeness (QED) is 0.841. The average Bonchev–Trinajstić information content (AvgIpc) is 3.04. The van der Waals surface area contributed by atoms with Gasteiger partial charge in [0.05, 0.1) is 12.3 Å². The summed E-state index contributed by atoms with van der Waals surface area (Å²) in [4.78, 5) is 0.0699. The molecule has 0 fully saturated rings. The SMILES string of the molecule is CCn1cc(S(=O)(=O)NC(C)(C#N)CCc2ccccc2)cn1. The summed E-state index contributed by atoms with van der Waals surface area (Å²) < 4.78 is 28.9. The van der Waals surface area contributed by atoms with Crippen LogP contribution in [0.1, 0.15) is 25.8 Å². The van der Waals surface area contributed by atoms with E-state index in [4.69, 9.17) is 0 Å². The van der Waals surface area contributed by atoms with Crippen molar-refractivity contribution in [2.45, 2.75) is 43.7 Å². The van der Waals surface area contributed by atoms with Crippen molar-refractivity contribution < 1.29 is 8.42 Å². The molecular formula is C16H20N4O2S. The Labute approximate surface area is 136 Å². The highest BCUT2D eigenvalue weighted by Crippen LogP contribution is 2.18. The second kappa shape index (κ2) is 6.94. The summed E-state index contributed by atoms with van der Waals surface area (Å²) in [7, 11) is -3.78. The molecule has 1 atom stereocenters. The molecule has 0 spiro atoms. The van der Waals surface area contributed by atoms with E-state index in [0.717, 1.165) is 5.56 Å². The molecule has 0 radical (unpaired) electrons. The summed E-state index contributed by atoms with van der Waals surface area (Å²) >= 11 is 0. The lowest BCUT2D eigenvalue weighted by atomic mass is 9.96. The Morgan fingerprint density at radius 2 is 2.04 bits per heavy atom. The summed E-state index contributed by atoms with van der Waals surface area (Å²) in [5, 5.41) is 13.4. The Balaban J connectivity index is 2.12. The molecule has 7 heteroatoms. The fraction of sp³-hybridized carbons (Fsp3) is 0.375. The van der Waals surface area contributed by atoms with Crippen molar-refractivity contribution in [1.82, 2.24) is 14.5 Å². The minimum atomic E-state index is -3.78. The molecule has 6 nitrogen and oxygen atoms in total. The molecule has 1 unspecified atom stereocenters. The lowest BCUT2D eigenvalue weighted by molar-refractivity contribution is 0.477. The maximum Gasteiger partial charge on any atom is 0.245 e. The predicted molar refractivity (Wildman–Crippen MR) is 87.0 cm³/mol. The zero-order valence-electron chi connectivity index (χ0n) is 13.2. The van der Waals surface area contributed by atoms with Crippen molar-refractivity contribution in [1.29, 1.82) is 5.26 Å². The third-order valence-electron chi connectivity index (χ3n) is 3.61. The summed E-state index contributed by atoms with van der Waals surface area (Å²) in [5.74, 6) is 0. The van der Waals surface area contributed by atoms with Gasteiger partial charge in [0.15, 0.2) is 0 Å². The van der Waals surface area contributed by atoms with E-state index >= 15 is 0 Å². The maximum atomic E-state index is 12.4. The van der Waals surface area contributed by atoms with Crippen molar-refractivity contribution in [3.05, 3.63) is 48.3 Å². The largest absolute Gasteiger partial charge is 0.272 e. The van der Waals surface area contributed by atoms with E-state index in [1.807, 2.05) is 37.3 Å². The molecular weight excluding hydrogens is 312 g/mol. The van der Waals surface area contributed by atoms with E-state index in [2.05, 4.69) is 15.9 Å². The normalized spacial score (nSPS) is 14.1. The van der Waals surface area contributed by atoms with Gasteiger partial charge in [-0.3, -0.25) is 4.68 Å². The van der Waals surface area contributed by atoms with E-state index in [9.17, 15) is 13.7 Å². The van der Waals surface area contributed by atoms with Gasteiger partial charge in [-0.1, -0.05) is 30.3 Å². The Hall–Kier alpha value is -2.17. The van der Waals surface area contributed by atoms with E-state index in [-0.39, 0.29) is 4.90 Å². The number of aryl methyl sites for hydroxylation is 2. The highest BCUT2D eigenvalue weighted by molar-refractivity contribution is 7.89. The van der Waals surface area contributed by atoms with Crippen LogP contribution >= 0.6 is 0 Å². The van der Waals surface area contributed by atoms with Gasteiger partial charge in [0.25, 0.3) is 0 Å². The van der Waals surface area contributed by atoms with Gasteiger partial charge in [-0.15, -0.1) is 0 Å². The van der Waals surface area contributed by atoms with Gasteiger partial charge in [0.2, 0.25) is 10.0 Å². The first-order valence-corrected chi connectivity index (χ1v) is 8.88. The molecule has 1 aromatic heterocycles. The van der Waals surface area contributed by atoms with Crippen LogP contribution in [0, 0.1) is 11.3 Å². The number of nitrogens with one attached hydrogen (secondary N) is 1. The van der Waals surface area contributed by atoms with Crippen molar-refractivity contribution in [3.63, 3.8) is 0 Å². The molecule has 0 aliphatic rings. The van der Waals surface area contributed by atoms with E-state index in [0.29, 0.717) is 19.4 Å². The van der Waals surface area contributed by atoms with Gasteiger partial charge in [0.1, 0.15) is 10.4 Å². The number of nitrogens with zero attached hydrogens (tertiary/aromatic N) is 3. The molecule has 1 aromatic carbocycles. The summed E-state index contributed by atoms with van der Waals surface area (Å²) in [6.45, 7) is 4.05. The van der Waals surface area contributed by atoms with Crippen LogP contribution in [0.2, 0.25) is 0 Å². The number of benzene rings is 1. The van der Waals surface area contributed by atoms with Gasteiger partial charge in [0, 0.05) is 12.7 Å². The fourth-order valence-corrected chi connectivity index (χ4v) is 3.49. The number of sulfonamides is 1. The van der Waals surface area contributed by atoms with Gasteiger partial charge in [-0.25, -0.2) is 8.42 Å². The number of rotatable bonds is 7. The van der Waals surface area contributed by atoms with Crippen molar-refractivity contribution in [2.24, 2.45) is 0 Å². The Morgan fingerprint density at radius 1 is 1.35 bits per heavy atom. The van der Waals surface area contributed by atoms with Crippen LogP contribution in [0.5, 0.6) is 0 Å². The second-order valence-electron chi connectivity index (χ2n) is 5.57. The molecule has 0 bridgehead atoms. The van der Waals surface area contributed by atoms with Gasteiger partial charge >= 0.3 is 0 Å². The first-order chi connectivity index (χ1) is 10.9. The molecule has 23 heavy (non-hydrogen) atoms. The molecule has 0 aliphatic heterocycles. The number of nitriles is 1. The lowest BCUT2D eigenvalue weighted by Crippen LogP contribution is -2.45. The van der Waals surface area contributed by atoms with Crippen LogP contribution in [0.15, 0.2) is 47.6 Å². The van der Waals surface area contributed by atoms with Crippen molar-refractivity contribution >= 4 is 10.0 Å². The number of aromatic nitrogens is 2. The predicted octanol–water partition coefficient (Wildman–Crippen LogP) is 2.10. The topological polar surface area (TPSA) is 87.8 Å². The first-order valence-electron chi connectivity index (χ1n) is 7.40. The van der Waals surface area contributed by atoms with E-state index < -0.39 is 15.6 Å². The second-order valence-corrected chi connectivity index (χ2v) is 7.25. The van der Waals surface area contributed by atoms with Crippen LogP contribution in [0.3, 0.4) is 0 Å². The van der Waals surface area contributed by atoms with E-state index in [1.165, 1.54) is 17.1 Å².